The van der Waals surface area contributed by atoms with Gasteiger partial charge in [-0.3, -0.25) is 37.3 Å². The molecule has 0 fully saturated rings. The van der Waals surface area contributed by atoms with Gasteiger partial charge in [-0.2, -0.15) is 0 Å². The van der Waals surface area contributed by atoms with Gasteiger partial charge in [-0.05, 0) is 31.6 Å². The molecule has 0 bridgehead atoms. The normalized spacial score (nSPS) is 13.9. The number of phosphoric ester groups is 2. The minimum absolute atomic E-state index is 0.108. The van der Waals surface area contributed by atoms with Crippen LogP contribution in [-0.2, 0) is 65.4 Å². The van der Waals surface area contributed by atoms with E-state index in [1.54, 1.807) is 0 Å². The van der Waals surface area contributed by atoms with E-state index in [2.05, 4.69) is 34.6 Å². The SMILES string of the molecule is CCCCCCCCCCCCCCCCCCCCCCCCC(=O)O[C@H](COC(=O)CCCCCCCCCCCCCCCCC(C)C)COP(=O)(O)OC[C@@H](O)COP(=O)(O)OC[C@@H](COC(=O)CCCCCCCCC)OC(=O)CCCCCCCCCCCCCCC. The maximum atomic E-state index is 13.1. The molecule has 0 radical (unpaired) electrons. The summed E-state index contributed by atoms with van der Waals surface area (Å²) in [4.78, 5) is 72.8. The summed E-state index contributed by atoms with van der Waals surface area (Å²) in [5, 5.41) is 10.6. The summed E-state index contributed by atoms with van der Waals surface area (Å²) in [6, 6.07) is 0. The Bertz CT molecular complexity index is 1890. The average molecular weight is 1450 g/mol. The van der Waals surface area contributed by atoms with E-state index in [-0.39, 0.29) is 25.7 Å². The van der Waals surface area contributed by atoms with Crippen molar-refractivity contribution in [3.63, 3.8) is 0 Å². The van der Waals surface area contributed by atoms with Crippen molar-refractivity contribution in [3.8, 4) is 0 Å². The lowest BCUT2D eigenvalue weighted by atomic mass is 10.0. The first kappa shape index (κ1) is 97.1. The molecule has 0 saturated carbocycles. The molecule has 2 unspecified atom stereocenters. The second-order valence-electron chi connectivity index (χ2n) is 29.3. The fraction of sp³-hybridized carbons (Fsp3) is 0.950. The number of unbranched alkanes of at least 4 members (excludes halogenated alkanes) is 52. The van der Waals surface area contributed by atoms with E-state index in [0.29, 0.717) is 25.7 Å². The van der Waals surface area contributed by atoms with Gasteiger partial charge in [0.15, 0.2) is 12.2 Å². The molecule has 0 rings (SSSR count). The molecule has 0 aromatic rings. The molecule has 0 aliphatic carbocycles. The van der Waals surface area contributed by atoms with E-state index >= 15 is 0 Å². The van der Waals surface area contributed by atoms with Gasteiger partial charge in [0.1, 0.15) is 19.3 Å². The first-order valence-corrected chi connectivity index (χ1v) is 44.6. The van der Waals surface area contributed by atoms with Crippen molar-refractivity contribution >= 4 is 39.5 Å². The Morgan fingerprint density at radius 3 is 0.687 bits per heavy atom. The Kier molecular flexibility index (Phi) is 71.6. The van der Waals surface area contributed by atoms with E-state index in [4.69, 9.17) is 37.0 Å². The van der Waals surface area contributed by atoms with Crippen LogP contribution in [0.3, 0.4) is 0 Å². The van der Waals surface area contributed by atoms with Crippen LogP contribution in [0.25, 0.3) is 0 Å². The Hall–Kier alpha value is -1.94. The summed E-state index contributed by atoms with van der Waals surface area (Å²) in [5.74, 6) is -1.31. The molecular weight excluding hydrogens is 1290 g/mol. The fourth-order valence-electron chi connectivity index (χ4n) is 12.4. The van der Waals surface area contributed by atoms with Gasteiger partial charge in [-0.1, -0.05) is 375 Å². The maximum absolute atomic E-state index is 13.1. The molecule has 0 amide bonds. The van der Waals surface area contributed by atoms with Crippen molar-refractivity contribution in [2.24, 2.45) is 5.92 Å². The highest BCUT2D eigenvalue weighted by Crippen LogP contribution is 2.45. The lowest BCUT2D eigenvalue weighted by molar-refractivity contribution is -0.161. The second kappa shape index (κ2) is 73.0. The van der Waals surface area contributed by atoms with Crippen LogP contribution in [-0.4, -0.2) is 96.7 Å². The highest BCUT2D eigenvalue weighted by molar-refractivity contribution is 7.47. The number of phosphoric acid groups is 2. The van der Waals surface area contributed by atoms with Gasteiger partial charge in [-0.25, -0.2) is 9.13 Å². The van der Waals surface area contributed by atoms with E-state index in [1.807, 2.05) is 0 Å². The summed E-state index contributed by atoms with van der Waals surface area (Å²) < 4.78 is 68.5. The average Bonchev–Trinajstić information content (AvgIpc) is 1.07. The predicted octanol–water partition coefficient (Wildman–Crippen LogP) is 24.0. The van der Waals surface area contributed by atoms with E-state index in [9.17, 15) is 43.2 Å². The Balaban J connectivity index is 5.16. The van der Waals surface area contributed by atoms with Crippen LogP contribution >= 0.6 is 15.6 Å². The number of aliphatic hydroxyl groups is 1. The van der Waals surface area contributed by atoms with Gasteiger partial charge < -0.3 is 33.8 Å². The Labute approximate surface area is 607 Å². The van der Waals surface area contributed by atoms with Gasteiger partial charge in [0.25, 0.3) is 0 Å². The fourth-order valence-corrected chi connectivity index (χ4v) is 14.0. The van der Waals surface area contributed by atoms with Crippen molar-refractivity contribution < 1.29 is 80.2 Å². The van der Waals surface area contributed by atoms with Crippen LogP contribution in [0.15, 0.2) is 0 Å². The Morgan fingerprint density at radius 1 is 0.273 bits per heavy atom. The van der Waals surface area contributed by atoms with Gasteiger partial charge >= 0.3 is 39.5 Å². The molecule has 19 heteroatoms. The van der Waals surface area contributed by atoms with Crippen LogP contribution in [0.2, 0.25) is 0 Å². The third-order valence-corrected chi connectivity index (χ3v) is 20.7. The number of aliphatic hydroxyl groups excluding tert-OH is 1. The predicted molar refractivity (Wildman–Crippen MR) is 405 cm³/mol. The quantitative estimate of drug-likeness (QED) is 0.0222. The van der Waals surface area contributed by atoms with Crippen molar-refractivity contribution in [1.29, 1.82) is 0 Å². The minimum atomic E-state index is -4.96. The highest BCUT2D eigenvalue weighted by Gasteiger charge is 2.30. The van der Waals surface area contributed by atoms with Crippen LogP contribution in [0.4, 0.5) is 0 Å². The van der Waals surface area contributed by atoms with E-state index < -0.39 is 97.5 Å². The topological polar surface area (TPSA) is 237 Å². The minimum Gasteiger partial charge on any atom is -0.462 e. The zero-order chi connectivity index (χ0) is 72.7. The number of esters is 4. The van der Waals surface area contributed by atoms with Gasteiger partial charge in [0, 0.05) is 25.7 Å². The highest BCUT2D eigenvalue weighted by atomic mass is 31.2. The van der Waals surface area contributed by atoms with E-state index in [0.717, 1.165) is 109 Å². The summed E-state index contributed by atoms with van der Waals surface area (Å²) in [5.41, 5.74) is 0. The molecule has 5 atom stereocenters. The molecule has 3 N–H and O–H groups in total. The van der Waals surface area contributed by atoms with Gasteiger partial charge in [-0.15, -0.1) is 0 Å². The standard InChI is InChI=1S/C80H156O17P2/c1-6-9-12-15-18-20-22-24-25-26-27-28-29-30-31-32-38-42-46-51-56-61-66-80(85)97-76(70-91-78(83)64-59-54-49-44-40-37-34-33-36-39-43-48-52-57-62-73(4)5)72-95-99(88,89)93-68-74(81)67-92-98(86,87)94-71-75(69-90-77(82)63-58-53-47-17-14-11-8-3)96-79(84)65-60-55-50-45-41-35-23-21-19-16-13-10-7-2/h73-76,81H,6-72H2,1-5H3,(H,86,87)(H,88,89)/t74-,75+,76+/m0/s1. The summed E-state index contributed by atoms with van der Waals surface area (Å²) in [6.07, 6.45) is 64.1. The van der Waals surface area contributed by atoms with Crippen molar-refractivity contribution in [2.75, 3.05) is 39.6 Å². The van der Waals surface area contributed by atoms with E-state index in [1.165, 1.54) is 238 Å². The molecule has 0 aromatic carbocycles. The number of rotatable bonds is 80. The molecule has 0 spiro atoms. The maximum Gasteiger partial charge on any atom is 0.472 e. The molecule has 17 nitrogen and oxygen atoms in total. The van der Waals surface area contributed by atoms with Crippen molar-refractivity contribution in [1.82, 2.24) is 0 Å². The molecular formula is C80H156O17P2. The molecule has 0 saturated heterocycles. The molecule has 99 heavy (non-hydrogen) atoms. The summed E-state index contributed by atoms with van der Waals surface area (Å²) >= 11 is 0. The number of hydrogen-bond donors (Lipinski definition) is 3. The number of hydrogen-bond acceptors (Lipinski definition) is 15. The number of ether oxygens (including phenoxy) is 4. The lowest BCUT2D eigenvalue weighted by Gasteiger charge is -2.21. The largest absolute Gasteiger partial charge is 0.472 e. The molecule has 588 valence electrons. The van der Waals surface area contributed by atoms with Crippen LogP contribution in [0.5, 0.6) is 0 Å². The third-order valence-electron chi connectivity index (χ3n) is 18.8. The van der Waals surface area contributed by atoms with Crippen LogP contribution in [0.1, 0.15) is 426 Å². The zero-order valence-electron chi connectivity index (χ0n) is 64.6. The van der Waals surface area contributed by atoms with Gasteiger partial charge in [0.05, 0.1) is 26.4 Å². The zero-order valence-corrected chi connectivity index (χ0v) is 66.4. The van der Waals surface area contributed by atoms with Gasteiger partial charge in [0.2, 0.25) is 0 Å². The van der Waals surface area contributed by atoms with Crippen molar-refractivity contribution in [2.45, 2.75) is 445 Å². The molecule has 0 aromatic heterocycles. The number of carbonyl (C=O) groups excluding carboxylic acids is 4. The van der Waals surface area contributed by atoms with Crippen LogP contribution in [0, 0.1) is 5.92 Å². The number of carbonyl (C=O) groups is 4. The second-order valence-corrected chi connectivity index (χ2v) is 32.2. The molecule has 0 aliphatic heterocycles. The van der Waals surface area contributed by atoms with Crippen molar-refractivity contribution in [3.05, 3.63) is 0 Å². The Morgan fingerprint density at radius 2 is 0.465 bits per heavy atom. The first-order chi connectivity index (χ1) is 48.0. The molecule has 0 heterocycles. The molecule has 0 aliphatic rings. The smallest absolute Gasteiger partial charge is 0.462 e. The summed E-state index contributed by atoms with van der Waals surface area (Å²) in [7, 11) is -9.91. The summed E-state index contributed by atoms with van der Waals surface area (Å²) in [6.45, 7) is 7.30. The monoisotopic (exact) mass is 1450 g/mol. The third kappa shape index (κ3) is 74.1. The lowest BCUT2D eigenvalue weighted by Crippen LogP contribution is -2.30. The first-order valence-electron chi connectivity index (χ1n) is 41.6. The van der Waals surface area contributed by atoms with Crippen LogP contribution < -0.4 is 0 Å².